The first-order valence-corrected chi connectivity index (χ1v) is 8.65. The summed E-state index contributed by atoms with van der Waals surface area (Å²) in [5.41, 5.74) is 2.23. The first-order chi connectivity index (χ1) is 12.2. The number of rotatable bonds is 3. The van der Waals surface area contributed by atoms with Gasteiger partial charge in [0, 0.05) is 7.05 Å². The van der Waals surface area contributed by atoms with Crippen LogP contribution in [0.3, 0.4) is 0 Å². The molecule has 2 aromatic rings. The second-order valence-electron chi connectivity index (χ2n) is 6.64. The van der Waals surface area contributed by atoms with Crippen molar-refractivity contribution in [1.29, 1.82) is 0 Å². The Labute approximate surface area is 148 Å². The van der Waals surface area contributed by atoms with Crippen LogP contribution < -0.4 is 0 Å². The molecule has 4 rings (SSSR count). The number of likely N-dealkylation sites (N-methyl/N-ethyl adjacent to an activating group) is 1. The number of nitrogens with zero attached hydrogens (tertiary/aromatic N) is 2. The lowest BCUT2D eigenvalue weighted by atomic mass is 10.0. The summed E-state index contributed by atoms with van der Waals surface area (Å²) in [7, 11) is 1.86. The van der Waals surface area contributed by atoms with Crippen LogP contribution >= 0.6 is 0 Å². The molecule has 4 heteroatoms. The molecule has 25 heavy (non-hydrogen) atoms. The van der Waals surface area contributed by atoms with E-state index in [2.05, 4.69) is 19.1 Å². The largest absolute Gasteiger partial charge is 0.342 e. The molecule has 0 unspecified atom stereocenters. The van der Waals surface area contributed by atoms with E-state index >= 15 is 0 Å². The molecule has 2 aliphatic rings. The summed E-state index contributed by atoms with van der Waals surface area (Å²) >= 11 is 0. The maximum Gasteiger partial charge on any atom is 0.322 e. The van der Waals surface area contributed by atoms with Crippen LogP contribution in [-0.4, -0.2) is 35.1 Å². The van der Waals surface area contributed by atoms with Gasteiger partial charge in [0.05, 0.1) is 12.1 Å². The standard InChI is InChI=1S/C21H22N2O2/c1-15-20(17-11-7-4-8-12-17)23(21(24)22(15)2)19-14-13-18(25-19)16-9-5-3-6-10-16/h3-15,18-20H,1-2H3/t15-,18+,19+,20-/m0/s1. The number of hydrogen-bond donors (Lipinski definition) is 0. The smallest absolute Gasteiger partial charge is 0.322 e. The summed E-state index contributed by atoms with van der Waals surface area (Å²) in [6.45, 7) is 2.09. The number of urea groups is 1. The molecule has 0 N–H and O–H groups in total. The van der Waals surface area contributed by atoms with Gasteiger partial charge in [-0.15, -0.1) is 0 Å². The molecule has 1 saturated heterocycles. The maximum absolute atomic E-state index is 12.9. The van der Waals surface area contributed by atoms with Crippen LogP contribution in [0.15, 0.2) is 72.8 Å². The van der Waals surface area contributed by atoms with E-state index in [9.17, 15) is 4.79 Å². The van der Waals surface area contributed by atoms with Gasteiger partial charge in [0.25, 0.3) is 0 Å². The van der Waals surface area contributed by atoms with Crippen LogP contribution in [-0.2, 0) is 4.74 Å². The Kier molecular flexibility index (Phi) is 4.06. The van der Waals surface area contributed by atoms with E-state index in [1.807, 2.05) is 72.6 Å². The van der Waals surface area contributed by atoms with Gasteiger partial charge >= 0.3 is 6.03 Å². The van der Waals surface area contributed by atoms with E-state index in [4.69, 9.17) is 4.74 Å². The molecular formula is C21H22N2O2. The first-order valence-electron chi connectivity index (χ1n) is 8.65. The third kappa shape index (κ3) is 2.72. The van der Waals surface area contributed by atoms with Crippen molar-refractivity contribution in [1.82, 2.24) is 9.80 Å². The Hall–Kier alpha value is -2.59. The average molecular weight is 334 g/mol. The molecule has 2 amide bonds. The van der Waals surface area contributed by atoms with Gasteiger partial charge in [0.15, 0.2) is 6.23 Å². The molecule has 0 radical (unpaired) electrons. The topological polar surface area (TPSA) is 32.8 Å². The fraction of sp³-hybridized carbons (Fsp3) is 0.286. The Morgan fingerprint density at radius 1 is 0.880 bits per heavy atom. The zero-order chi connectivity index (χ0) is 17.4. The molecule has 2 heterocycles. The zero-order valence-electron chi connectivity index (χ0n) is 14.4. The summed E-state index contributed by atoms with van der Waals surface area (Å²) in [6, 6.07) is 20.3. The van der Waals surface area contributed by atoms with Gasteiger partial charge < -0.3 is 9.64 Å². The SMILES string of the molecule is C[C@H]1[C@@H](c2ccccc2)N([C@H]2C=C[C@H](c3ccccc3)O2)C(=O)N1C. The average Bonchev–Trinajstić information content (AvgIpc) is 3.22. The molecule has 2 aromatic carbocycles. The minimum Gasteiger partial charge on any atom is -0.342 e. The highest BCUT2D eigenvalue weighted by atomic mass is 16.5. The quantitative estimate of drug-likeness (QED) is 0.791. The Morgan fingerprint density at radius 3 is 2.12 bits per heavy atom. The molecular weight excluding hydrogens is 312 g/mol. The van der Waals surface area contributed by atoms with E-state index in [-0.39, 0.29) is 30.4 Å². The maximum atomic E-state index is 12.9. The Bertz CT molecular complexity index is 775. The highest BCUT2D eigenvalue weighted by Crippen LogP contribution is 2.39. The first kappa shape index (κ1) is 15.9. The van der Waals surface area contributed by atoms with Crippen molar-refractivity contribution in [3.05, 3.63) is 83.9 Å². The van der Waals surface area contributed by atoms with Crippen LogP contribution in [0.2, 0.25) is 0 Å². The minimum atomic E-state index is -0.352. The second kappa shape index (κ2) is 6.37. The van der Waals surface area contributed by atoms with Crippen LogP contribution in [0.25, 0.3) is 0 Å². The minimum absolute atomic E-state index is 0.00437. The predicted molar refractivity (Wildman–Crippen MR) is 96.8 cm³/mol. The van der Waals surface area contributed by atoms with E-state index in [1.165, 1.54) is 0 Å². The fourth-order valence-electron chi connectivity index (χ4n) is 3.70. The molecule has 0 aromatic heterocycles. The zero-order valence-corrected chi connectivity index (χ0v) is 14.4. The highest BCUT2D eigenvalue weighted by molar-refractivity contribution is 5.78. The van der Waals surface area contributed by atoms with Crippen molar-refractivity contribution in [3.63, 3.8) is 0 Å². The number of amides is 2. The third-order valence-corrected chi connectivity index (χ3v) is 5.17. The lowest BCUT2D eigenvalue weighted by Crippen LogP contribution is -2.39. The Morgan fingerprint density at radius 2 is 1.48 bits per heavy atom. The van der Waals surface area contributed by atoms with Gasteiger partial charge in [-0.25, -0.2) is 4.79 Å². The van der Waals surface area contributed by atoms with Crippen molar-refractivity contribution in [2.24, 2.45) is 0 Å². The summed E-state index contributed by atoms with van der Waals surface area (Å²) in [5.74, 6) is 0. The molecule has 0 bridgehead atoms. The van der Waals surface area contributed by atoms with E-state index in [0.29, 0.717) is 0 Å². The molecule has 1 fully saturated rings. The summed E-state index contributed by atoms with van der Waals surface area (Å²) in [6.07, 6.45) is 3.57. The summed E-state index contributed by atoms with van der Waals surface area (Å²) in [5, 5.41) is 0. The second-order valence-corrected chi connectivity index (χ2v) is 6.64. The molecule has 0 aliphatic carbocycles. The van der Waals surface area contributed by atoms with Crippen LogP contribution in [0.4, 0.5) is 4.79 Å². The number of benzene rings is 2. The van der Waals surface area contributed by atoms with Crippen LogP contribution in [0, 0.1) is 0 Å². The van der Waals surface area contributed by atoms with E-state index in [0.717, 1.165) is 11.1 Å². The van der Waals surface area contributed by atoms with Crippen molar-refractivity contribution in [2.45, 2.75) is 31.3 Å². The number of carbonyl (C=O) groups is 1. The van der Waals surface area contributed by atoms with Gasteiger partial charge in [0.2, 0.25) is 0 Å². The van der Waals surface area contributed by atoms with Crippen molar-refractivity contribution in [3.8, 4) is 0 Å². The highest BCUT2D eigenvalue weighted by Gasteiger charge is 2.46. The molecule has 0 saturated carbocycles. The molecule has 0 spiro atoms. The lowest BCUT2D eigenvalue weighted by Gasteiger charge is -2.30. The molecule has 2 aliphatic heterocycles. The summed E-state index contributed by atoms with van der Waals surface area (Å²) in [4.78, 5) is 16.5. The normalized spacial score (nSPS) is 28.8. The van der Waals surface area contributed by atoms with Gasteiger partial charge in [-0.05, 0) is 24.1 Å². The molecule has 128 valence electrons. The van der Waals surface area contributed by atoms with Gasteiger partial charge in [-0.1, -0.05) is 66.7 Å². The fourth-order valence-corrected chi connectivity index (χ4v) is 3.70. The predicted octanol–water partition coefficient (Wildman–Crippen LogP) is 4.14. The van der Waals surface area contributed by atoms with Crippen LogP contribution in [0.1, 0.15) is 30.2 Å². The molecule has 4 atom stereocenters. The van der Waals surface area contributed by atoms with Crippen molar-refractivity contribution < 1.29 is 9.53 Å². The van der Waals surface area contributed by atoms with E-state index < -0.39 is 0 Å². The Balaban J connectivity index is 1.62. The summed E-state index contributed by atoms with van der Waals surface area (Å²) < 4.78 is 6.22. The monoisotopic (exact) mass is 334 g/mol. The van der Waals surface area contributed by atoms with Gasteiger partial charge in [0.1, 0.15) is 6.10 Å². The molecule has 4 nitrogen and oxygen atoms in total. The number of ether oxygens (including phenoxy) is 1. The number of carbonyl (C=O) groups excluding carboxylic acids is 1. The van der Waals surface area contributed by atoms with Crippen LogP contribution in [0.5, 0.6) is 0 Å². The number of hydrogen-bond acceptors (Lipinski definition) is 2. The van der Waals surface area contributed by atoms with Crippen molar-refractivity contribution in [2.75, 3.05) is 7.05 Å². The van der Waals surface area contributed by atoms with Crippen molar-refractivity contribution >= 4 is 6.03 Å². The van der Waals surface area contributed by atoms with E-state index in [1.54, 1.807) is 4.90 Å². The van der Waals surface area contributed by atoms with Gasteiger partial charge in [-0.2, -0.15) is 0 Å². The van der Waals surface area contributed by atoms with Gasteiger partial charge in [-0.3, -0.25) is 4.90 Å². The third-order valence-electron chi connectivity index (χ3n) is 5.17. The lowest BCUT2D eigenvalue weighted by molar-refractivity contribution is -0.0291.